The van der Waals surface area contributed by atoms with Crippen molar-refractivity contribution in [3.63, 3.8) is 0 Å². The second-order valence-corrected chi connectivity index (χ2v) is 15.0. The van der Waals surface area contributed by atoms with Gasteiger partial charge < -0.3 is 19.5 Å². The number of carboxylic acid groups (broad SMARTS) is 1. The molecule has 0 spiro atoms. The SMILES string of the molecule is N#Cc1cc(CN2CC[C@@H](C(=O)O)C2)cc2nc(-c3cccc(-c4cccc5c4CCN5c4nc(C(F)F)nc5cc(CN6CC[C@@H](O)C6)cnc45)c3Cl)oc12. The molecule has 284 valence electrons. The first-order valence-corrected chi connectivity index (χ1v) is 18.8. The first kappa shape index (κ1) is 36.1. The average Bonchev–Trinajstić information content (AvgIpc) is 4.01. The molecule has 15 heteroatoms. The number of hydrogen-bond acceptors (Lipinski definition) is 11. The van der Waals surface area contributed by atoms with Crippen molar-refractivity contribution >= 4 is 51.2 Å². The summed E-state index contributed by atoms with van der Waals surface area (Å²) in [5, 5.41) is 29.8. The maximum atomic E-state index is 14.2. The number of carboxylic acids is 1. The third-order valence-electron chi connectivity index (χ3n) is 10.9. The third-order valence-corrected chi connectivity index (χ3v) is 11.3. The van der Waals surface area contributed by atoms with Gasteiger partial charge >= 0.3 is 5.97 Å². The van der Waals surface area contributed by atoms with Crippen molar-refractivity contribution in [2.75, 3.05) is 37.6 Å². The monoisotopic (exact) mass is 776 g/mol. The number of rotatable bonds is 9. The van der Waals surface area contributed by atoms with Crippen LogP contribution in [0.3, 0.4) is 0 Å². The maximum absolute atomic E-state index is 14.2. The molecule has 3 aromatic heterocycles. The molecule has 0 radical (unpaired) electrons. The van der Waals surface area contributed by atoms with Gasteiger partial charge in [-0.3, -0.25) is 19.6 Å². The van der Waals surface area contributed by atoms with Crippen molar-refractivity contribution in [3.8, 4) is 28.7 Å². The van der Waals surface area contributed by atoms with Gasteiger partial charge in [0.25, 0.3) is 6.43 Å². The molecule has 0 amide bonds. The minimum Gasteiger partial charge on any atom is -0.481 e. The van der Waals surface area contributed by atoms with Crippen LogP contribution >= 0.6 is 11.6 Å². The van der Waals surface area contributed by atoms with Gasteiger partial charge in [-0.05, 0) is 78.4 Å². The number of likely N-dealkylation sites (tertiary alicyclic amines) is 2. The molecule has 2 fully saturated rings. The predicted molar refractivity (Wildman–Crippen MR) is 205 cm³/mol. The Labute approximate surface area is 324 Å². The van der Waals surface area contributed by atoms with E-state index in [0.717, 1.165) is 40.0 Å². The van der Waals surface area contributed by atoms with E-state index in [0.29, 0.717) is 103 Å². The minimum absolute atomic E-state index is 0.250. The van der Waals surface area contributed by atoms with Crippen molar-refractivity contribution < 1.29 is 28.2 Å². The molecule has 0 bridgehead atoms. The molecule has 2 N–H and O–H groups in total. The van der Waals surface area contributed by atoms with E-state index in [1.54, 1.807) is 24.4 Å². The van der Waals surface area contributed by atoms with Gasteiger partial charge in [-0.25, -0.2) is 23.7 Å². The Morgan fingerprint density at radius 1 is 0.946 bits per heavy atom. The number of nitriles is 1. The number of aliphatic hydroxyl groups is 1. The molecule has 0 unspecified atom stereocenters. The molecule has 3 aliphatic rings. The number of aromatic nitrogens is 4. The largest absolute Gasteiger partial charge is 0.481 e. The summed E-state index contributed by atoms with van der Waals surface area (Å²) >= 11 is 7.17. The summed E-state index contributed by atoms with van der Waals surface area (Å²) in [4.78, 5) is 35.5. The third kappa shape index (κ3) is 6.60. The molecule has 2 saturated heterocycles. The number of fused-ring (bicyclic) bond motifs is 3. The van der Waals surface area contributed by atoms with Crippen LogP contribution in [0, 0.1) is 17.2 Å². The number of alkyl halides is 2. The van der Waals surface area contributed by atoms with Gasteiger partial charge in [-0.1, -0.05) is 35.9 Å². The fourth-order valence-corrected chi connectivity index (χ4v) is 8.59. The zero-order chi connectivity index (χ0) is 38.7. The number of aliphatic hydroxyl groups excluding tert-OH is 1. The van der Waals surface area contributed by atoms with Gasteiger partial charge in [0.2, 0.25) is 5.89 Å². The minimum atomic E-state index is -2.88. The van der Waals surface area contributed by atoms with Crippen LogP contribution in [0.5, 0.6) is 0 Å². The number of β-amino-alcohol motifs (C(OH)–C–C–N with tert-alkyl or cyclic N) is 1. The zero-order valence-corrected chi connectivity index (χ0v) is 30.8. The van der Waals surface area contributed by atoms with Gasteiger partial charge in [-0.15, -0.1) is 0 Å². The van der Waals surface area contributed by atoms with Crippen molar-refractivity contribution in [3.05, 3.63) is 93.9 Å². The van der Waals surface area contributed by atoms with Crippen molar-refractivity contribution in [1.82, 2.24) is 29.7 Å². The summed E-state index contributed by atoms with van der Waals surface area (Å²) in [6, 6.07) is 19.0. The van der Waals surface area contributed by atoms with Gasteiger partial charge in [-0.2, -0.15) is 5.26 Å². The lowest BCUT2D eigenvalue weighted by molar-refractivity contribution is -0.141. The molecule has 2 atom stereocenters. The van der Waals surface area contributed by atoms with Gasteiger partial charge in [0.1, 0.15) is 17.1 Å². The highest BCUT2D eigenvalue weighted by Crippen LogP contribution is 2.45. The highest BCUT2D eigenvalue weighted by Gasteiger charge is 2.31. The molecular formula is C41H35ClF2N8O4. The highest BCUT2D eigenvalue weighted by molar-refractivity contribution is 6.36. The summed E-state index contributed by atoms with van der Waals surface area (Å²) in [6.45, 7) is 3.86. The van der Waals surface area contributed by atoms with Crippen molar-refractivity contribution in [2.45, 2.75) is 44.9 Å². The summed E-state index contributed by atoms with van der Waals surface area (Å²) in [5.41, 5.74) is 7.42. The van der Waals surface area contributed by atoms with Gasteiger partial charge in [0.05, 0.1) is 33.7 Å². The zero-order valence-electron chi connectivity index (χ0n) is 30.0. The Morgan fingerprint density at radius 2 is 1.70 bits per heavy atom. The number of aliphatic carboxylic acids is 1. The molecule has 3 aliphatic heterocycles. The number of benzene rings is 3. The molecular weight excluding hydrogens is 742 g/mol. The lowest BCUT2D eigenvalue weighted by Gasteiger charge is -2.21. The summed E-state index contributed by atoms with van der Waals surface area (Å²) in [6.07, 6.45) is 0.308. The Balaban J connectivity index is 1.04. The predicted octanol–water partition coefficient (Wildman–Crippen LogP) is 7.13. The Morgan fingerprint density at radius 3 is 2.46 bits per heavy atom. The smallest absolute Gasteiger partial charge is 0.307 e. The average molecular weight is 777 g/mol. The molecule has 0 saturated carbocycles. The number of pyridine rings is 1. The molecule has 6 heterocycles. The first-order valence-electron chi connectivity index (χ1n) is 18.5. The second kappa shape index (κ2) is 14.5. The molecule has 56 heavy (non-hydrogen) atoms. The van der Waals surface area contributed by atoms with E-state index in [2.05, 4.69) is 30.8 Å². The summed E-state index contributed by atoms with van der Waals surface area (Å²) < 4.78 is 34.6. The molecule has 0 aliphatic carbocycles. The van der Waals surface area contributed by atoms with Crippen LogP contribution < -0.4 is 4.90 Å². The Hall–Kier alpha value is -5.59. The molecule has 9 rings (SSSR count). The van der Waals surface area contributed by atoms with E-state index in [9.17, 15) is 29.1 Å². The lowest BCUT2D eigenvalue weighted by atomic mass is 9.96. The number of halogens is 3. The van der Waals surface area contributed by atoms with E-state index in [1.807, 2.05) is 41.3 Å². The van der Waals surface area contributed by atoms with Crippen LogP contribution in [0.1, 0.15) is 47.3 Å². The quantitative estimate of drug-likeness (QED) is 0.153. The number of oxazole rings is 1. The first-order chi connectivity index (χ1) is 27.1. The fourth-order valence-electron chi connectivity index (χ4n) is 8.28. The van der Waals surface area contributed by atoms with Gasteiger partial charge in [0.15, 0.2) is 17.2 Å². The van der Waals surface area contributed by atoms with Crippen LogP contribution in [-0.2, 0) is 24.3 Å². The van der Waals surface area contributed by atoms with E-state index in [1.165, 1.54) is 0 Å². The molecule has 3 aromatic carbocycles. The van der Waals surface area contributed by atoms with Crippen LogP contribution in [0.25, 0.3) is 44.7 Å². The number of carbonyl (C=O) groups is 1. The Bertz CT molecular complexity index is 2580. The molecule has 6 aromatic rings. The topological polar surface area (TPSA) is 156 Å². The van der Waals surface area contributed by atoms with Gasteiger partial charge in [0, 0.05) is 56.7 Å². The summed E-state index contributed by atoms with van der Waals surface area (Å²) in [7, 11) is 0. The molecule has 12 nitrogen and oxygen atoms in total. The number of nitrogens with zero attached hydrogens (tertiary/aromatic N) is 8. The van der Waals surface area contributed by atoms with Crippen LogP contribution in [0.15, 0.2) is 65.2 Å². The van der Waals surface area contributed by atoms with E-state index < -0.39 is 24.1 Å². The fraction of sp³-hybridized carbons (Fsp3) is 0.317. The number of anilines is 2. The number of hydrogen-bond donors (Lipinski definition) is 2. The van der Waals surface area contributed by atoms with E-state index >= 15 is 0 Å². The van der Waals surface area contributed by atoms with Crippen LogP contribution in [0.4, 0.5) is 20.3 Å². The Kier molecular flexibility index (Phi) is 9.33. The summed E-state index contributed by atoms with van der Waals surface area (Å²) in [5.74, 6) is -1.23. The van der Waals surface area contributed by atoms with Crippen molar-refractivity contribution in [1.29, 1.82) is 5.26 Å². The van der Waals surface area contributed by atoms with E-state index in [-0.39, 0.29) is 12.0 Å². The van der Waals surface area contributed by atoms with Crippen LogP contribution in [-0.4, -0.2) is 84.7 Å². The standard InChI is InChI=1S/C41H35ClF2N8O4/c42-34-29(4-1-5-30(34)40-48-32-14-22(13-25(16-45)36(32)56-40)18-50-10-7-24(20-50)41(54)55)27-3-2-6-33-28(27)9-12-52(33)39-35-31(47-38(49-39)37(43)44)15-23(17-46-35)19-51-11-8-26(53)21-51/h1-6,13-15,17,24,26,37,53H,7-12,18-21H2,(H,54,55)/t24-,26-/m1/s1. The second-order valence-electron chi connectivity index (χ2n) is 14.6. The maximum Gasteiger partial charge on any atom is 0.307 e. The van der Waals surface area contributed by atoms with Crippen LogP contribution in [0.2, 0.25) is 5.02 Å². The van der Waals surface area contributed by atoms with E-state index in [4.69, 9.17) is 21.0 Å². The van der Waals surface area contributed by atoms with Crippen molar-refractivity contribution in [2.24, 2.45) is 5.92 Å². The normalized spacial score (nSPS) is 18.8. The lowest BCUT2D eigenvalue weighted by Crippen LogP contribution is -2.22. The highest BCUT2D eigenvalue weighted by atomic mass is 35.5.